The molecule has 4 heterocycles. The Morgan fingerprint density at radius 1 is 0.685 bits per heavy atom. The molecule has 5 rings (SSSR count). The highest BCUT2D eigenvalue weighted by Crippen LogP contribution is 2.41. The Kier molecular flexibility index (Phi) is 22.7. The summed E-state index contributed by atoms with van der Waals surface area (Å²) in [5.74, 6) is -1.26. The smallest absolute Gasteiger partial charge is 0.457 e. The minimum Gasteiger partial charge on any atom is -0.467 e. The van der Waals surface area contributed by atoms with Crippen LogP contribution in [0.1, 0.15) is 142 Å². The molecule has 0 spiro atoms. The lowest BCUT2D eigenvalue weighted by atomic mass is 9.79. The minimum absolute atomic E-state index is 0.0279. The fraction of sp³-hybridized carbons (Fsp3) is 0.792. The Labute approximate surface area is 438 Å². The van der Waals surface area contributed by atoms with Crippen molar-refractivity contribution in [2.45, 2.75) is 213 Å². The van der Waals surface area contributed by atoms with Gasteiger partial charge in [-0.05, 0) is 149 Å². The van der Waals surface area contributed by atoms with Crippen molar-refractivity contribution in [3.8, 4) is 0 Å². The van der Waals surface area contributed by atoms with E-state index in [0.29, 0.717) is 39.0 Å². The molecular weight excluding hydrogens is 938 g/mol. The third kappa shape index (κ3) is 17.8. The van der Waals surface area contributed by atoms with Crippen molar-refractivity contribution in [2.24, 2.45) is 11.8 Å². The van der Waals surface area contributed by atoms with Crippen LogP contribution in [0.15, 0.2) is 30.3 Å². The Morgan fingerprint density at radius 3 is 1.44 bits per heavy atom. The van der Waals surface area contributed by atoms with E-state index in [1.807, 2.05) is 129 Å². The molecule has 73 heavy (non-hydrogen) atoms. The van der Waals surface area contributed by atoms with E-state index in [2.05, 4.69) is 27.1 Å². The summed E-state index contributed by atoms with van der Waals surface area (Å²) in [5, 5.41) is 3.26. The fourth-order valence-corrected chi connectivity index (χ4v) is 9.55. The number of nitrogens with zero attached hydrogens (tertiary/aromatic N) is 3. The van der Waals surface area contributed by atoms with Gasteiger partial charge in [0.05, 0.1) is 43.2 Å². The highest BCUT2D eigenvalue weighted by Gasteiger charge is 2.54. The monoisotopic (exact) mass is 1030 g/mol. The number of carbonyl (C=O) groups excluding carboxylic acids is 5. The third-order valence-electron chi connectivity index (χ3n) is 14.5. The van der Waals surface area contributed by atoms with Gasteiger partial charge in [-0.3, -0.25) is 19.5 Å². The van der Waals surface area contributed by atoms with Crippen LogP contribution in [0.4, 0.5) is 9.59 Å². The van der Waals surface area contributed by atoms with Crippen LogP contribution in [-0.4, -0.2) is 165 Å². The molecule has 4 saturated heterocycles. The predicted octanol–water partition coefficient (Wildman–Crippen LogP) is 8.19. The summed E-state index contributed by atoms with van der Waals surface area (Å²) in [7, 11) is 6.04. The molecule has 2 amide bonds. The van der Waals surface area contributed by atoms with Gasteiger partial charge in [-0.15, -0.1) is 0 Å². The largest absolute Gasteiger partial charge is 0.467 e. The van der Waals surface area contributed by atoms with Crippen molar-refractivity contribution in [1.82, 2.24) is 20.0 Å². The molecule has 0 bridgehead atoms. The van der Waals surface area contributed by atoms with Crippen molar-refractivity contribution >= 4 is 44.3 Å². The maximum atomic E-state index is 13.2. The van der Waals surface area contributed by atoms with Crippen LogP contribution in [0, 0.1) is 11.8 Å². The first-order valence-electron chi connectivity index (χ1n) is 26.1. The summed E-state index contributed by atoms with van der Waals surface area (Å²) in [4.78, 5) is 66.8. The van der Waals surface area contributed by atoms with Crippen molar-refractivity contribution in [2.75, 3.05) is 48.0 Å². The quantitative estimate of drug-likeness (QED) is 0.100. The van der Waals surface area contributed by atoms with E-state index in [9.17, 15) is 24.0 Å². The highest BCUT2D eigenvalue weighted by molar-refractivity contribution is 6.45. The summed E-state index contributed by atoms with van der Waals surface area (Å²) in [6.45, 7) is 32.4. The second-order valence-corrected chi connectivity index (χ2v) is 23.6. The molecule has 1 N–H and O–H groups in total. The summed E-state index contributed by atoms with van der Waals surface area (Å²) in [5.41, 5.74) is -1.62. The zero-order chi connectivity index (χ0) is 55.5. The summed E-state index contributed by atoms with van der Waals surface area (Å²) in [6, 6.07) is 8.73. The van der Waals surface area contributed by atoms with Gasteiger partial charge >= 0.3 is 44.3 Å². The van der Waals surface area contributed by atoms with Crippen molar-refractivity contribution < 1.29 is 66.3 Å². The fourth-order valence-electron chi connectivity index (χ4n) is 9.55. The van der Waals surface area contributed by atoms with E-state index in [-0.39, 0.29) is 66.5 Å². The molecule has 414 valence electrons. The van der Waals surface area contributed by atoms with Gasteiger partial charge < -0.3 is 47.6 Å². The third-order valence-corrected chi connectivity index (χ3v) is 14.5. The first-order valence-corrected chi connectivity index (χ1v) is 26.1. The maximum absolute atomic E-state index is 13.2. The van der Waals surface area contributed by atoms with Gasteiger partial charge in [0.25, 0.3) is 0 Å². The molecule has 1 aromatic rings. The number of likely N-dealkylation sites (N-methyl/N-ethyl adjacent to an activating group) is 2. The number of hydrogen-bond acceptors (Lipinski definition) is 16. The predicted molar refractivity (Wildman–Crippen MR) is 282 cm³/mol. The van der Waals surface area contributed by atoms with Gasteiger partial charge in [0.15, 0.2) is 0 Å². The molecule has 4 aliphatic rings. The standard InChI is InChI=1S/C28H45BN2O6.C21H39BN2O6.C4H8O2/c1-26(2,3)35-25(33)31-19-22(30(8)18-20-14-11-10-12-15-20)21(23(31)24(32)34-9)16-13-17-29-36-27(4,5)28(6,7)37-29;1-19(2,3)28-18(26)24-13-15(23-8)14(16(24)17(25)27-9)11-10-12-22-29-20(4,5)21(6,7)30-22;1-3-6-4(2)5/h10-12,14-15,21-23H,13,16-19H2,1-9H3;14-16,23H,10-13H2,1-9H3;3H2,1-2H3/t21-,22+,23+;14-,15+,16+;/m11./s1. The number of methoxy groups -OCH3 is 2. The lowest BCUT2D eigenvalue weighted by molar-refractivity contribution is -0.148. The Balaban J connectivity index is 0.000000352. The SMILES string of the molecule is CCOC(C)=O.CN[C@H]1CN(C(=O)OC(C)(C)C)[C@H](C(=O)OC)[C@@H]1CCCB1OC(C)(C)C(C)(C)O1.COC(=O)[C@@H]1[C@H](CCCB2OC(C)(C)C(C)(C)O2)[C@@H](N(C)Cc2ccccc2)CN1C(=O)OC(C)(C)C. The average molecular weight is 1030 g/mol. The molecule has 0 saturated carbocycles. The number of amides is 2. The number of likely N-dealkylation sites (tertiary alicyclic amines) is 2. The first-order chi connectivity index (χ1) is 33.6. The molecule has 0 radical (unpaired) electrons. The van der Waals surface area contributed by atoms with Crippen LogP contribution in [0.5, 0.6) is 0 Å². The molecule has 6 atom stereocenters. The van der Waals surface area contributed by atoms with E-state index in [0.717, 1.165) is 25.6 Å². The molecule has 18 nitrogen and oxygen atoms in total. The van der Waals surface area contributed by atoms with Gasteiger partial charge in [0.2, 0.25) is 0 Å². The van der Waals surface area contributed by atoms with Crippen molar-refractivity contribution in [1.29, 1.82) is 0 Å². The van der Waals surface area contributed by atoms with E-state index in [1.165, 1.54) is 31.6 Å². The van der Waals surface area contributed by atoms with Gasteiger partial charge in [-0.1, -0.05) is 43.2 Å². The number of benzene rings is 1. The zero-order valence-electron chi connectivity index (χ0n) is 48.1. The molecule has 0 aliphatic carbocycles. The number of hydrogen-bond donors (Lipinski definition) is 1. The zero-order valence-corrected chi connectivity index (χ0v) is 48.1. The normalized spacial score (nSPS) is 24.8. The lowest BCUT2D eigenvalue weighted by Crippen LogP contribution is -2.46. The molecule has 20 heteroatoms. The minimum atomic E-state index is -0.721. The Morgan fingerprint density at radius 2 is 1.08 bits per heavy atom. The van der Waals surface area contributed by atoms with Gasteiger partial charge in [-0.25, -0.2) is 19.2 Å². The number of carbonyl (C=O) groups is 5. The van der Waals surface area contributed by atoms with Crippen LogP contribution in [0.25, 0.3) is 0 Å². The van der Waals surface area contributed by atoms with Gasteiger partial charge in [-0.2, -0.15) is 0 Å². The van der Waals surface area contributed by atoms with Crippen LogP contribution in [0.3, 0.4) is 0 Å². The molecule has 0 aromatic heterocycles. The van der Waals surface area contributed by atoms with Gasteiger partial charge in [0, 0.05) is 50.5 Å². The van der Waals surface area contributed by atoms with E-state index < -0.39 is 47.4 Å². The molecule has 4 fully saturated rings. The van der Waals surface area contributed by atoms with Crippen molar-refractivity contribution in [3.63, 3.8) is 0 Å². The highest BCUT2D eigenvalue weighted by atomic mass is 16.7. The number of esters is 3. The molecule has 0 unspecified atom stereocenters. The number of nitrogens with one attached hydrogen (secondary N) is 1. The number of ether oxygens (including phenoxy) is 5. The van der Waals surface area contributed by atoms with E-state index >= 15 is 0 Å². The Bertz CT molecular complexity index is 1930. The average Bonchev–Trinajstić information content (AvgIpc) is 3.95. The number of rotatable bonds is 15. The van der Waals surface area contributed by atoms with Crippen LogP contribution in [0.2, 0.25) is 12.6 Å². The molecule has 4 aliphatic heterocycles. The summed E-state index contributed by atoms with van der Waals surface area (Å²) >= 11 is 0. The van der Waals surface area contributed by atoms with E-state index in [1.54, 1.807) is 11.8 Å². The van der Waals surface area contributed by atoms with Crippen LogP contribution in [-0.2, 0) is 63.2 Å². The second kappa shape index (κ2) is 26.2. The van der Waals surface area contributed by atoms with Gasteiger partial charge in [0.1, 0.15) is 23.3 Å². The second-order valence-electron chi connectivity index (χ2n) is 23.6. The Hall–Kier alpha value is -3.94. The van der Waals surface area contributed by atoms with Crippen molar-refractivity contribution in [3.05, 3.63) is 35.9 Å². The first kappa shape index (κ1) is 63.4. The topological polar surface area (TPSA) is 190 Å². The van der Waals surface area contributed by atoms with E-state index in [4.69, 9.17) is 37.6 Å². The summed E-state index contributed by atoms with van der Waals surface area (Å²) < 4.78 is 50.4. The van der Waals surface area contributed by atoms with Crippen LogP contribution < -0.4 is 5.32 Å². The lowest BCUT2D eigenvalue weighted by Gasteiger charge is -2.32. The summed E-state index contributed by atoms with van der Waals surface area (Å²) in [6.07, 6.45) is 3.48. The molecular formula is C53H92B2N4O14. The van der Waals surface area contributed by atoms with Crippen LogP contribution >= 0.6 is 0 Å². The maximum Gasteiger partial charge on any atom is 0.457 e. The molecule has 1 aromatic carbocycles.